The summed E-state index contributed by atoms with van der Waals surface area (Å²) in [7, 11) is -2.04. The van der Waals surface area contributed by atoms with E-state index in [9.17, 15) is 13.2 Å². The summed E-state index contributed by atoms with van der Waals surface area (Å²) in [6, 6.07) is 6.02. The molecule has 0 fully saturated rings. The van der Waals surface area contributed by atoms with Crippen LogP contribution in [-0.4, -0.2) is 27.6 Å². The molecule has 0 heterocycles. The maximum absolute atomic E-state index is 11.4. The first kappa shape index (κ1) is 10.7. The van der Waals surface area contributed by atoms with Gasteiger partial charge >= 0.3 is 0 Å². The minimum Gasteiger partial charge on any atom is -0.497 e. The second-order valence-corrected chi connectivity index (χ2v) is 4.66. The molecule has 0 N–H and O–H groups in total. The monoisotopic (exact) mass is 214 g/mol. The molecule has 0 atom stereocenters. The molecular formula is C9H10O4S. The van der Waals surface area contributed by atoms with Gasteiger partial charge in [-0.25, -0.2) is 8.42 Å². The van der Waals surface area contributed by atoms with E-state index in [0.717, 1.165) is 0 Å². The summed E-state index contributed by atoms with van der Waals surface area (Å²) in [6.45, 7) is 0. The van der Waals surface area contributed by atoms with Crippen molar-refractivity contribution in [2.24, 2.45) is 0 Å². The third kappa shape index (κ3) is 2.32. The molecule has 0 aliphatic rings. The summed E-state index contributed by atoms with van der Waals surface area (Å²) in [5, 5.41) is 0. The van der Waals surface area contributed by atoms with Crippen LogP contribution in [0.3, 0.4) is 0 Å². The number of methoxy groups -OCH3 is 1. The highest BCUT2D eigenvalue weighted by atomic mass is 32.2. The van der Waals surface area contributed by atoms with Crippen LogP contribution >= 0.6 is 0 Å². The fourth-order valence-electron chi connectivity index (χ4n) is 0.980. The highest BCUT2D eigenvalue weighted by Gasteiger charge is 2.13. The van der Waals surface area contributed by atoms with Crippen molar-refractivity contribution >= 4 is 16.1 Å². The number of ether oxygens (including phenoxy) is 1. The maximum atomic E-state index is 11.4. The second kappa shape index (κ2) is 4.23. The first-order valence-corrected chi connectivity index (χ1v) is 5.56. The number of aldehydes is 1. The fourth-order valence-corrected chi connectivity index (χ4v) is 1.93. The zero-order valence-corrected chi connectivity index (χ0v) is 8.45. The van der Waals surface area contributed by atoms with Crippen molar-refractivity contribution < 1.29 is 17.9 Å². The predicted molar refractivity (Wildman–Crippen MR) is 51.1 cm³/mol. The van der Waals surface area contributed by atoms with E-state index in [1.807, 2.05) is 0 Å². The van der Waals surface area contributed by atoms with Gasteiger partial charge in [0.25, 0.3) is 0 Å². The van der Waals surface area contributed by atoms with Gasteiger partial charge in [-0.05, 0) is 18.2 Å². The Hall–Kier alpha value is -1.36. The van der Waals surface area contributed by atoms with E-state index < -0.39 is 15.6 Å². The van der Waals surface area contributed by atoms with Crippen LogP contribution in [0.15, 0.2) is 29.2 Å². The molecule has 0 radical (unpaired) electrons. The van der Waals surface area contributed by atoms with Crippen LogP contribution in [0, 0.1) is 0 Å². The molecule has 5 heteroatoms. The second-order valence-electron chi connectivity index (χ2n) is 2.63. The van der Waals surface area contributed by atoms with Crippen molar-refractivity contribution in [1.82, 2.24) is 0 Å². The van der Waals surface area contributed by atoms with E-state index in [0.29, 0.717) is 12.0 Å². The van der Waals surface area contributed by atoms with Gasteiger partial charge in [0, 0.05) is 0 Å². The average Bonchev–Trinajstić information content (AvgIpc) is 2.18. The van der Waals surface area contributed by atoms with Gasteiger partial charge in [-0.2, -0.15) is 0 Å². The normalized spacial score (nSPS) is 10.9. The quantitative estimate of drug-likeness (QED) is 0.691. The van der Waals surface area contributed by atoms with Gasteiger partial charge in [0.15, 0.2) is 9.84 Å². The lowest BCUT2D eigenvalue weighted by Crippen LogP contribution is -2.07. The number of carbonyl (C=O) groups is 1. The number of carbonyl (C=O) groups excluding carboxylic acids is 1. The lowest BCUT2D eigenvalue weighted by molar-refractivity contribution is -0.105. The molecule has 4 nitrogen and oxygen atoms in total. The number of sulfone groups is 1. The molecule has 0 unspecified atom stereocenters. The van der Waals surface area contributed by atoms with E-state index in [4.69, 9.17) is 4.74 Å². The Morgan fingerprint density at radius 3 is 2.71 bits per heavy atom. The van der Waals surface area contributed by atoms with E-state index in [1.54, 1.807) is 12.1 Å². The van der Waals surface area contributed by atoms with Gasteiger partial charge in [0.05, 0.1) is 12.0 Å². The zero-order valence-electron chi connectivity index (χ0n) is 7.64. The molecule has 0 aliphatic carbocycles. The van der Waals surface area contributed by atoms with Crippen molar-refractivity contribution in [1.29, 1.82) is 0 Å². The van der Waals surface area contributed by atoms with Gasteiger partial charge < -0.3 is 9.53 Å². The Bertz CT molecular complexity index is 422. The Morgan fingerprint density at radius 2 is 2.14 bits per heavy atom. The third-order valence-electron chi connectivity index (χ3n) is 1.69. The van der Waals surface area contributed by atoms with Gasteiger partial charge in [-0.3, -0.25) is 0 Å². The molecule has 0 saturated heterocycles. The number of hydrogen-bond acceptors (Lipinski definition) is 4. The zero-order chi connectivity index (χ0) is 10.6. The third-order valence-corrected chi connectivity index (χ3v) is 3.23. The molecule has 0 bridgehead atoms. The molecule has 1 aromatic carbocycles. The minimum absolute atomic E-state index is 0.101. The highest BCUT2D eigenvalue weighted by molar-refractivity contribution is 7.92. The van der Waals surface area contributed by atoms with Crippen LogP contribution in [0.4, 0.5) is 0 Å². The van der Waals surface area contributed by atoms with Crippen molar-refractivity contribution in [3.63, 3.8) is 0 Å². The number of hydrogen-bond donors (Lipinski definition) is 0. The molecule has 0 amide bonds. The Labute approximate surface area is 82.4 Å². The SMILES string of the molecule is COc1cccc(S(=O)(=O)CC=O)c1. The van der Waals surface area contributed by atoms with E-state index in [1.165, 1.54) is 19.2 Å². The van der Waals surface area contributed by atoms with Crippen molar-refractivity contribution in [3.8, 4) is 5.75 Å². The lowest BCUT2D eigenvalue weighted by atomic mass is 10.3. The van der Waals surface area contributed by atoms with Gasteiger partial charge in [0.2, 0.25) is 0 Å². The maximum Gasteiger partial charge on any atom is 0.185 e. The number of benzene rings is 1. The highest BCUT2D eigenvalue weighted by Crippen LogP contribution is 2.17. The standard InChI is InChI=1S/C9H10O4S/c1-13-8-3-2-4-9(7-8)14(11,12)6-5-10/h2-5,7H,6H2,1H3. The Kier molecular flexibility index (Phi) is 3.24. The molecule has 1 aromatic rings. The topological polar surface area (TPSA) is 60.4 Å². The van der Waals surface area contributed by atoms with E-state index >= 15 is 0 Å². The van der Waals surface area contributed by atoms with Gasteiger partial charge in [0.1, 0.15) is 17.8 Å². The summed E-state index contributed by atoms with van der Waals surface area (Å²) in [5.41, 5.74) is 0. The first-order chi connectivity index (χ1) is 6.60. The summed E-state index contributed by atoms with van der Waals surface area (Å²) in [4.78, 5) is 10.2. The summed E-state index contributed by atoms with van der Waals surface area (Å²) in [5.74, 6) is -0.0443. The smallest absolute Gasteiger partial charge is 0.185 e. The Balaban J connectivity index is 3.12. The minimum atomic E-state index is -3.49. The number of rotatable bonds is 4. The molecule has 1 rings (SSSR count). The summed E-state index contributed by atoms with van der Waals surface area (Å²) < 4.78 is 27.7. The fraction of sp³-hybridized carbons (Fsp3) is 0.222. The van der Waals surface area contributed by atoms with Crippen LogP contribution in [0.25, 0.3) is 0 Å². The largest absolute Gasteiger partial charge is 0.497 e. The molecule has 0 saturated carbocycles. The average molecular weight is 214 g/mol. The van der Waals surface area contributed by atoms with E-state index in [2.05, 4.69) is 0 Å². The van der Waals surface area contributed by atoms with Gasteiger partial charge in [-0.15, -0.1) is 0 Å². The lowest BCUT2D eigenvalue weighted by Gasteiger charge is -2.03. The van der Waals surface area contributed by atoms with Crippen molar-refractivity contribution in [2.45, 2.75) is 4.90 Å². The van der Waals surface area contributed by atoms with Crippen LogP contribution in [-0.2, 0) is 14.6 Å². The first-order valence-electron chi connectivity index (χ1n) is 3.90. The summed E-state index contributed by atoms with van der Waals surface area (Å²) >= 11 is 0. The summed E-state index contributed by atoms with van der Waals surface area (Å²) in [6.07, 6.45) is 0.370. The van der Waals surface area contributed by atoms with E-state index in [-0.39, 0.29) is 4.90 Å². The molecule has 0 aliphatic heterocycles. The molecule has 14 heavy (non-hydrogen) atoms. The van der Waals surface area contributed by atoms with Crippen molar-refractivity contribution in [3.05, 3.63) is 24.3 Å². The van der Waals surface area contributed by atoms with Gasteiger partial charge in [-0.1, -0.05) is 6.07 Å². The van der Waals surface area contributed by atoms with Crippen molar-refractivity contribution in [2.75, 3.05) is 12.9 Å². The molecular weight excluding hydrogens is 204 g/mol. The van der Waals surface area contributed by atoms with Crippen LogP contribution in [0.5, 0.6) is 5.75 Å². The van der Waals surface area contributed by atoms with Crippen LogP contribution in [0.2, 0.25) is 0 Å². The Morgan fingerprint density at radius 1 is 1.43 bits per heavy atom. The molecule has 0 spiro atoms. The predicted octanol–water partition coefficient (Wildman–Crippen LogP) is 0.668. The molecule has 76 valence electrons. The van der Waals surface area contributed by atoms with Crippen LogP contribution in [0.1, 0.15) is 0 Å². The molecule has 0 aromatic heterocycles. The van der Waals surface area contributed by atoms with Crippen LogP contribution < -0.4 is 4.74 Å².